The lowest BCUT2D eigenvalue weighted by Gasteiger charge is -2.32. The van der Waals surface area contributed by atoms with E-state index in [1.807, 2.05) is 62.4 Å². The summed E-state index contributed by atoms with van der Waals surface area (Å²) in [6.45, 7) is 3.94. The summed E-state index contributed by atoms with van der Waals surface area (Å²) >= 11 is 18.9. The highest BCUT2D eigenvalue weighted by Crippen LogP contribution is 2.25. The molecule has 0 heterocycles. The van der Waals surface area contributed by atoms with Crippen molar-refractivity contribution in [2.75, 3.05) is 0 Å². The van der Waals surface area contributed by atoms with E-state index in [4.69, 9.17) is 34.8 Å². The maximum atomic E-state index is 13.7. The largest absolute Gasteiger partial charge is 0.352 e. The molecule has 0 bridgehead atoms. The second-order valence-corrected chi connectivity index (χ2v) is 9.65. The Kier molecular flexibility index (Phi) is 9.40. The van der Waals surface area contributed by atoms with Crippen molar-refractivity contribution in [2.24, 2.45) is 0 Å². The first kappa shape index (κ1) is 26.1. The third-order valence-corrected chi connectivity index (χ3v) is 6.31. The summed E-state index contributed by atoms with van der Waals surface area (Å²) in [6.07, 6.45) is 0.421. The van der Waals surface area contributed by atoms with Crippen molar-refractivity contribution in [3.8, 4) is 0 Å². The van der Waals surface area contributed by atoms with Crippen molar-refractivity contribution in [1.29, 1.82) is 0 Å². The second kappa shape index (κ2) is 12.3. The molecule has 7 heteroatoms. The quantitative estimate of drug-likeness (QED) is 0.359. The molecule has 1 N–H and O–H groups in total. The van der Waals surface area contributed by atoms with Crippen LogP contribution in [0.15, 0.2) is 72.8 Å². The van der Waals surface area contributed by atoms with Crippen LogP contribution >= 0.6 is 34.8 Å². The van der Waals surface area contributed by atoms with Gasteiger partial charge in [-0.05, 0) is 48.7 Å². The summed E-state index contributed by atoms with van der Waals surface area (Å²) in [5.74, 6) is -0.449. The van der Waals surface area contributed by atoms with Crippen LogP contribution in [0.1, 0.15) is 30.5 Å². The van der Waals surface area contributed by atoms with Crippen LogP contribution < -0.4 is 5.32 Å². The molecule has 1 atom stereocenters. The highest BCUT2D eigenvalue weighted by atomic mass is 35.5. The SMILES string of the molecule is CC(C)NC(=O)[C@@H](Cc1ccccc1)N(Cc1ccc(Cl)cc1Cl)C(=O)Cc1ccccc1Cl. The topological polar surface area (TPSA) is 49.4 Å². The van der Waals surface area contributed by atoms with Gasteiger partial charge in [0.1, 0.15) is 6.04 Å². The number of hydrogen-bond acceptors (Lipinski definition) is 2. The number of nitrogens with zero attached hydrogens (tertiary/aromatic N) is 1. The van der Waals surface area contributed by atoms with Crippen LogP contribution in [0.3, 0.4) is 0 Å². The standard InChI is InChI=1S/C27H27Cl3N2O2/c1-18(2)31-27(34)25(14-19-8-4-3-5-9-19)32(17-21-12-13-22(28)16-24(21)30)26(33)15-20-10-6-7-11-23(20)29/h3-13,16,18,25H,14-15,17H2,1-2H3,(H,31,34)/t25-/m1/s1. The summed E-state index contributed by atoms with van der Waals surface area (Å²) in [5.41, 5.74) is 2.35. The van der Waals surface area contributed by atoms with Crippen LogP contribution in [0.4, 0.5) is 0 Å². The molecule has 0 aliphatic carbocycles. The summed E-state index contributed by atoms with van der Waals surface area (Å²) in [5, 5.41) is 4.41. The van der Waals surface area contributed by atoms with E-state index in [0.717, 1.165) is 5.56 Å². The van der Waals surface area contributed by atoms with Gasteiger partial charge in [0.25, 0.3) is 0 Å². The lowest BCUT2D eigenvalue weighted by molar-refractivity contribution is -0.141. The van der Waals surface area contributed by atoms with Gasteiger partial charge in [-0.3, -0.25) is 9.59 Å². The van der Waals surface area contributed by atoms with E-state index in [2.05, 4.69) is 5.32 Å². The predicted molar refractivity (Wildman–Crippen MR) is 139 cm³/mol. The minimum atomic E-state index is -0.744. The monoisotopic (exact) mass is 516 g/mol. The van der Waals surface area contributed by atoms with Crippen LogP contribution in [0.2, 0.25) is 15.1 Å². The van der Waals surface area contributed by atoms with E-state index in [1.165, 1.54) is 0 Å². The zero-order valence-electron chi connectivity index (χ0n) is 19.1. The van der Waals surface area contributed by atoms with E-state index >= 15 is 0 Å². The fourth-order valence-corrected chi connectivity index (χ4v) is 4.35. The summed E-state index contributed by atoms with van der Waals surface area (Å²) in [7, 11) is 0. The average Bonchev–Trinajstić information content (AvgIpc) is 2.79. The van der Waals surface area contributed by atoms with Gasteiger partial charge in [0.15, 0.2) is 0 Å². The second-order valence-electron chi connectivity index (χ2n) is 8.39. The fraction of sp³-hybridized carbons (Fsp3) is 0.259. The molecule has 3 aromatic carbocycles. The van der Waals surface area contributed by atoms with E-state index < -0.39 is 6.04 Å². The number of benzene rings is 3. The maximum Gasteiger partial charge on any atom is 0.243 e. The number of carbonyl (C=O) groups is 2. The van der Waals surface area contributed by atoms with Crippen molar-refractivity contribution in [2.45, 2.75) is 45.3 Å². The summed E-state index contributed by atoms with van der Waals surface area (Å²) in [6, 6.07) is 21.2. The first-order valence-electron chi connectivity index (χ1n) is 11.1. The van der Waals surface area contributed by atoms with Crippen molar-refractivity contribution in [3.63, 3.8) is 0 Å². The normalized spacial score (nSPS) is 11.8. The van der Waals surface area contributed by atoms with Crippen LogP contribution in [-0.4, -0.2) is 28.8 Å². The molecule has 0 aliphatic rings. The first-order valence-corrected chi connectivity index (χ1v) is 12.2. The lowest BCUT2D eigenvalue weighted by Crippen LogP contribution is -2.52. The van der Waals surface area contributed by atoms with Gasteiger partial charge in [0.2, 0.25) is 11.8 Å². The number of nitrogens with one attached hydrogen (secondary N) is 1. The molecule has 3 rings (SSSR count). The van der Waals surface area contributed by atoms with Crippen molar-refractivity contribution < 1.29 is 9.59 Å². The molecule has 0 saturated carbocycles. The molecule has 3 aromatic rings. The molecule has 0 aliphatic heterocycles. The van der Waals surface area contributed by atoms with Gasteiger partial charge in [-0.2, -0.15) is 0 Å². The Hall–Kier alpha value is -2.53. The van der Waals surface area contributed by atoms with E-state index in [1.54, 1.807) is 29.2 Å². The Morgan fingerprint density at radius 1 is 0.853 bits per heavy atom. The van der Waals surface area contributed by atoms with Gasteiger partial charge in [0, 0.05) is 34.1 Å². The van der Waals surface area contributed by atoms with Crippen LogP contribution in [-0.2, 0) is 29.0 Å². The molecule has 34 heavy (non-hydrogen) atoms. The maximum absolute atomic E-state index is 13.7. The van der Waals surface area contributed by atoms with Gasteiger partial charge in [-0.15, -0.1) is 0 Å². The molecule has 2 amide bonds. The van der Waals surface area contributed by atoms with Crippen molar-refractivity contribution >= 4 is 46.6 Å². The van der Waals surface area contributed by atoms with Crippen LogP contribution in [0.5, 0.6) is 0 Å². The van der Waals surface area contributed by atoms with Crippen molar-refractivity contribution in [3.05, 3.63) is 105 Å². The minimum Gasteiger partial charge on any atom is -0.352 e. The number of carbonyl (C=O) groups excluding carboxylic acids is 2. The fourth-order valence-electron chi connectivity index (χ4n) is 3.67. The zero-order valence-corrected chi connectivity index (χ0v) is 21.4. The summed E-state index contributed by atoms with van der Waals surface area (Å²) in [4.78, 5) is 28.6. The lowest BCUT2D eigenvalue weighted by atomic mass is 10.0. The number of hydrogen-bond donors (Lipinski definition) is 1. The highest BCUT2D eigenvalue weighted by molar-refractivity contribution is 6.35. The smallest absolute Gasteiger partial charge is 0.243 e. The molecule has 0 unspecified atom stereocenters. The Balaban J connectivity index is 2.01. The van der Waals surface area contributed by atoms with Crippen molar-refractivity contribution in [1.82, 2.24) is 10.2 Å². The van der Waals surface area contributed by atoms with Crippen LogP contribution in [0, 0.1) is 0 Å². The molecule has 0 radical (unpaired) electrons. The molecule has 0 saturated heterocycles. The predicted octanol–water partition coefficient (Wildman–Crippen LogP) is 6.35. The summed E-state index contributed by atoms with van der Waals surface area (Å²) < 4.78 is 0. The Morgan fingerprint density at radius 2 is 1.53 bits per heavy atom. The third kappa shape index (κ3) is 7.23. The average molecular weight is 518 g/mol. The molecular formula is C27H27Cl3N2O2. The number of rotatable bonds is 9. The highest BCUT2D eigenvalue weighted by Gasteiger charge is 2.31. The van der Waals surface area contributed by atoms with Gasteiger partial charge in [-0.1, -0.05) is 89.4 Å². The Labute approximate surface area is 215 Å². The molecular weight excluding hydrogens is 491 g/mol. The Morgan fingerprint density at radius 3 is 2.18 bits per heavy atom. The molecule has 0 spiro atoms. The first-order chi connectivity index (χ1) is 16.2. The van der Waals surface area contributed by atoms with Gasteiger partial charge in [-0.25, -0.2) is 0 Å². The van der Waals surface area contributed by atoms with E-state index in [0.29, 0.717) is 32.6 Å². The molecule has 0 fully saturated rings. The van der Waals surface area contributed by atoms with Gasteiger partial charge < -0.3 is 10.2 Å². The number of halogens is 3. The minimum absolute atomic E-state index is 0.0606. The molecule has 4 nitrogen and oxygen atoms in total. The van der Waals surface area contributed by atoms with Crippen LogP contribution in [0.25, 0.3) is 0 Å². The Bertz CT molecular complexity index is 1140. The third-order valence-electron chi connectivity index (χ3n) is 5.36. The van der Waals surface area contributed by atoms with E-state index in [-0.39, 0.29) is 30.8 Å². The molecule has 178 valence electrons. The van der Waals surface area contributed by atoms with E-state index in [9.17, 15) is 9.59 Å². The zero-order chi connectivity index (χ0) is 24.7. The number of amides is 2. The van der Waals surface area contributed by atoms with Gasteiger partial charge >= 0.3 is 0 Å². The molecule has 0 aromatic heterocycles. The van der Waals surface area contributed by atoms with Gasteiger partial charge in [0.05, 0.1) is 6.42 Å².